The fourth-order valence-electron chi connectivity index (χ4n) is 3.55. The molecule has 0 saturated carbocycles. The van der Waals surface area contributed by atoms with Crippen molar-refractivity contribution in [3.05, 3.63) is 70.9 Å². The zero-order valence-electron chi connectivity index (χ0n) is 15.2. The van der Waals surface area contributed by atoms with Crippen LogP contribution in [-0.2, 0) is 17.6 Å². The lowest BCUT2D eigenvalue weighted by molar-refractivity contribution is -0.116. The normalized spacial score (nSPS) is 16.3. The average Bonchev–Trinajstić information content (AvgIpc) is 2.62. The number of aryl methyl sites for hydroxylation is 1. The van der Waals surface area contributed by atoms with Gasteiger partial charge in [0.25, 0.3) is 0 Å². The molecule has 2 aliphatic heterocycles. The third-order valence-corrected chi connectivity index (χ3v) is 5.44. The van der Waals surface area contributed by atoms with Crippen LogP contribution in [0.4, 0.5) is 5.69 Å². The highest BCUT2D eigenvalue weighted by Gasteiger charge is 2.28. The Morgan fingerprint density at radius 1 is 1.19 bits per heavy atom. The Balaban J connectivity index is 1.23. The number of halogens is 1. The van der Waals surface area contributed by atoms with E-state index < -0.39 is 0 Å². The Morgan fingerprint density at radius 2 is 1.96 bits per heavy atom. The number of carbonyl (C=O) groups is 1. The summed E-state index contributed by atoms with van der Waals surface area (Å²) in [6.45, 7) is 6.88. The lowest BCUT2D eigenvalue weighted by atomic mass is 9.98. The van der Waals surface area contributed by atoms with E-state index in [4.69, 9.17) is 16.3 Å². The number of anilines is 1. The van der Waals surface area contributed by atoms with Crippen LogP contribution < -0.4 is 10.1 Å². The molecule has 0 radical (unpaired) electrons. The van der Waals surface area contributed by atoms with Gasteiger partial charge in [-0.25, -0.2) is 0 Å². The summed E-state index contributed by atoms with van der Waals surface area (Å²) in [6, 6.07) is 13.8. The van der Waals surface area contributed by atoms with E-state index in [0.717, 1.165) is 53.7 Å². The number of carbonyl (C=O) groups excluding carboxylic acids is 1. The van der Waals surface area contributed by atoms with Gasteiger partial charge in [0.1, 0.15) is 5.75 Å². The van der Waals surface area contributed by atoms with Gasteiger partial charge in [0.15, 0.2) is 0 Å². The van der Waals surface area contributed by atoms with Crippen molar-refractivity contribution in [3.63, 3.8) is 0 Å². The standard InChI is InChI=1S/C22H23ClN2O2/c1-15(10-16-2-5-19(23)6-3-16)25-12-17(13-25)14-27-20-7-8-21-18(11-20)4-9-22(26)24-21/h2-3,5-8,11,17H,1,4,9-10,12-14H2,(H,24,26). The van der Waals surface area contributed by atoms with E-state index in [0.29, 0.717) is 18.9 Å². The molecule has 0 aromatic heterocycles. The van der Waals surface area contributed by atoms with Crippen LogP contribution >= 0.6 is 11.6 Å². The lowest BCUT2D eigenvalue weighted by Crippen LogP contribution is -2.48. The number of hydrogen-bond acceptors (Lipinski definition) is 3. The number of hydrogen-bond donors (Lipinski definition) is 1. The Kier molecular flexibility index (Phi) is 5.08. The maximum atomic E-state index is 11.4. The Bertz CT molecular complexity index is 857. The number of fused-ring (bicyclic) bond motifs is 1. The van der Waals surface area contributed by atoms with Gasteiger partial charge in [0, 0.05) is 48.3 Å². The zero-order chi connectivity index (χ0) is 18.8. The Hall–Kier alpha value is -2.46. The molecule has 1 N–H and O–H groups in total. The topological polar surface area (TPSA) is 41.6 Å². The quantitative estimate of drug-likeness (QED) is 0.810. The summed E-state index contributed by atoms with van der Waals surface area (Å²) >= 11 is 5.93. The molecule has 2 aliphatic rings. The molecule has 27 heavy (non-hydrogen) atoms. The molecule has 2 heterocycles. The number of benzene rings is 2. The van der Waals surface area contributed by atoms with Crippen LogP contribution in [0.15, 0.2) is 54.7 Å². The molecule has 0 aliphatic carbocycles. The van der Waals surface area contributed by atoms with Gasteiger partial charge in [0.05, 0.1) is 6.61 Å². The molecule has 4 rings (SSSR count). The molecule has 140 valence electrons. The molecule has 0 spiro atoms. The summed E-state index contributed by atoms with van der Waals surface area (Å²) in [7, 11) is 0. The van der Waals surface area contributed by atoms with Crippen LogP contribution in [0, 0.1) is 5.92 Å². The predicted octanol–water partition coefficient (Wildman–Crippen LogP) is 4.29. The van der Waals surface area contributed by atoms with Crippen LogP contribution in [-0.4, -0.2) is 30.5 Å². The van der Waals surface area contributed by atoms with Crippen molar-refractivity contribution in [2.45, 2.75) is 19.3 Å². The number of rotatable bonds is 6. The van der Waals surface area contributed by atoms with E-state index >= 15 is 0 Å². The number of allylic oxidation sites excluding steroid dienone is 1. The van der Waals surface area contributed by atoms with Gasteiger partial charge in [-0.05, 0) is 47.9 Å². The van der Waals surface area contributed by atoms with Gasteiger partial charge >= 0.3 is 0 Å². The first-order valence-electron chi connectivity index (χ1n) is 9.29. The van der Waals surface area contributed by atoms with E-state index in [2.05, 4.69) is 16.8 Å². The van der Waals surface area contributed by atoms with E-state index in [1.165, 1.54) is 5.56 Å². The lowest BCUT2D eigenvalue weighted by Gasteiger charge is -2.42. The van der Waals surface area contributed by atoms with Gasteiger partial charge in [-0.15, -0.1) is 0 Å². The van der Waals surface area contributed by atoms with Gasteiger partial charge < -0.3 is 15.0 Å². The van der Waals surface area contributed by atoms with Crippen molar-refractivity contribution in [2.75, 3.05) is 25.0 Å². The van der Waals surface area contributed by atoms with Crippen molar-refractivity contribution in [1.82, 2.24) is 4.90 Å². The first kappa shape index (κ1) is 17.9. The summed E-state index contributed by atoms with van der Waals surface area (Å²) in [5.41, 5.74) is 4.42. The van der Waals surface area contributed by atoms with Crippen molar-refractivity contribution in [3.8, 4) is 5.75 Å². The van der Waals surface area contributed by atoms with Gasteiger partial charge in [0.2, 0.25) is 5.91 Å². The van der Waals surface area contributed by atoms with Gasteiger partial charge in [-0.1, -0.05) is 30.3 Å². The minimum absolute atomic E-state index is 0.0876. The molecular weight excluding hydrogens is 360 g/mol. The molecule has 0 unspecified atom stereocenters. The minimum atomic E-state index is 0.0876. The molecule has 2 aromatic carbocycles. The first-order chi connectivity index (χ1) is 13.1. The summed E-state index contributed by atoms with van der Waals surface area (Å²) < 4.78 is 5.98. The van der Waals surface area contributed by atoms with E-state index in [-0.39, 0.29) is 5.91 Å². The minimum Gasteiger partial charge on any atom is -0.493 e. The number of likely N-dealkylation sites (tertiary alicyclic amines) is 1. The zero-order valence-corrected chi connectivity index (χ0v) is 16.0. The third-order valence-electron chi connectivity index (χ3n) is 5.18. The first-order valence-corrected chi connectivity index (χ1v) is 9.67. The van der Waals surface area contributed by atoms with Crippen LogP contribution in [0.3, 0.4) is 0 Å². The summed E-state index contributed by atoms with van der Waals surface area (Å²) in [5, 5.41) is 3.66. The predicted molar refractivity (Wildman–Crippen MR) is 108 cm³/mol. The Morgan fingerprint density at radius 3 is 2.74 bits per heavy atom. The molecule has 1 fully saturated rings. The molecule has 5 heteroatoms. The number of nitrogens with zero attached hydrogens (tertiary/aromatic N) is 1. The second-order valence-electron chi connectivity index (χ2n) is 7.32. The van der Waals surface area contributed by atoms with Crippen molar-refractivity contribution in [2.24, 2.45) is 5.92 Å². The van der Waals surface area contributed by atoms with Gasteiger partial charge in [-0.3, -0.25) is 4.79 Å². The second kappa shape index (κ2) is 7.65. The van der Waals surface area contributed by atoms with Crippen molar-refractivity contribution >= 4 is 23.2 Å². The maximum Gasteiger partial charge on any atom is 0.224 e. The van der Waals surface area contributed by atoms with Crippen LogP contribution in [0.25, 0.3) is 0 Å². The summed E-state index contributed by atoms with van der Waals surface area (Å²) in [5.74, 6) is 1.48. The molecule has 0 atom stereocenters. The number of ether oxygens (including phenoxy) is 1. The fourth-order valence-corrected chi connectivity index (χ4v) is 3.67. The molecule has 1 saturated heterocycles. The van der Waals surface area contributed by atoms with E-state index in [1.807, 2.05) is 42.5 Å². The van der Waals surface area contributed by atoms with E-state index in [9.17, 15) is 4.79 Å². The SMILES string of the molecule is C=C(Cc1ccc(Cl)cc1)N1CC(COc2ccc3c(c2)CCC(=O)N3)C1. The Labute approximate surface area is 164 Å². The molecule has 1 amide bonds. The highest BCUT2D eigenvalue weighted by atomic mass is 35.5. The van der Waals surface area contributed by atoms with Crippen molar-refractivity contribution < 1.29 is 9.53 Å². The van der Waals surface area contributed by atoms with Crippen LogP contribution in [0.5, 0.6) is 5.75 Å². The largest absolute Gasteiger partial charge is 0.493 e. The number of nitrogens with one attached hydrogen (secondary N) is 1. The molecule has 4 nitrogen and oxygen atoms in total. The van der Waals surface area contributed by atoms with Crippen molar-refractivity contribution in [1.29, 1.82) is 0 Å². The summed E-state index contributed by atoms with van der Waals surface area (Å²) in [6.07, 6.45) is 2.17. The highest BCUT2D eigenvalue weighted by Crippen LogP contribution is 2.28. The smallest absolute Gasteiger partial charge is 0.224 e. The second-order valence-corrected chi connectivity index (χ2v) is 7.76. The van der Waals surface area contributed by atoms with Crippen LogP contribution in [0.2, 0.25) is 5.02 Å². The molecule has 0 bridgehead atoms. The maximum absolute atomic E-state index is 11.4. The highest BCUT2D eigenvalue weighted by molar-refractivity contribution is 6.30. The van der Waals surface area contributed by atoms with Crippen LogP contribution in [0.1, 0.15) is 17.5 Å². The van der Waals surface area contributed by atoms with Gasteiger partial charge in [-0.2, -0.15) is 0 Å². The monoisotopic (exact) mass is 382 g/mol. The molecule has 2 aromatic rings. The summed E-state index contributed by atoms with van der Waals surface area (Å²) in [4.78, 5) is 13.7. The average molecular weight is 383 g/mol. The fraction of sp³-hybridized carbons (Fsp3) is 0.318. The number of amides is 1. The van der Waals surface area contributed by atoms with E-state index in [1.54, 1.807) is 0 Å². The molecular formula is C22H23ClN2O2. The third kappa shape index (κ3) is 4.28.